The predicted molar refractivity (Wildman–Crippen MR) is 165 cm³/mol. The molecule has 3 aliphatic rings. The van der Waals surface area contributed by atoms with Crippen LogP contribution < -0.4 is 4.74 Å². The summed E-state index contributed by atoms with van der Waals surface area (Å²) >= 11 is 0. The van der Waals surface area contributed by atoms with Crippen LogP contribution in [-0.2, 0) is 4.74 Å². The minimum atomic E-state index is -0.539. The van der Waals surface area contributed by atoms with Crippen LogP contribution in [0.15, 0.2) is 55.0 Å². The quantitative estimate of drug-likeness (QED) is 0.220. The summed E-state index contributed by atoms with van der Waals surface area (Å²) < 4.78 is 14.3. The molecule has 0 unspecified atom stereocenters. The van der Waals surface area contributed by atoms with Gasteiger partial charge in [0.15, 0.2) is 11.5 Å². The molecule has 1 saturated carbocycles. The van der Waals surface area contributed by atoms with E-state index in [2.05, 4.69) is 45.0 Å². The molecule has 1 amide bonds. The minimum Gasteiger partial charge on any atom is -0.453 e. The van der Waals surface area contributed by atoms with Gasteiger partial charge in [-0.1, -0.05) is 12.8 Å². The van der Waals surface area contributed by atoms with E-state index in [1.165, 1.54) is 25.7 Å². The van der Waals surface area contributed by atoms with Crippen LogP contribution in [0.4, 0.5) is 4.79 Å². The van der Waals surface area contributed by atoms with E-state index in [1.807, 2.05) is 45.3 Å². The summed E-state index contributed by atoms with van der Waals surface area (Å²) in [5.41, 5.74) is 5.55. The van der Waals surface area contributed by atoms with Crippen LogP contribution in [0, 0.1) is 0 Å². The molecular formula is C34H36N6O3. The van der Waals surface area contributed by atoms with Crippen molar-refractivity contribution in [1.82, 2.24) is 29.4 Å². The Morgan fingerprint density at radius 2 is 1.70 bits per heavy atom. The summed E-state index contributed by atoms with van der Waals surface area (Å²) in [6, 6.07) is 12.4. The van der Waals surface area contributed by atoms with Crippen molar-refractivity contribution in [2.75, 3.05) is 6.54 Å². The lowest BCUT2D eigenvalue weighted by Gasteiger charge is -2.27. The summed E-state index contributed by atoms with van der Waals surface area (Å²) in [4.78, 5) is 31.3. The molecule has 8 rings (SSSR count). The molecule has 0 bridgehead atoms. The molecule has 2 aliphatic heterocycles. The fourth-order valence-corrected chi connectivity index (χ4v) is 6.95. The number of rotatable bonds is 4. The zero-order valence-corrected chi connectivity index (χ0v) is 24.8. The SMILES string of the molecule is CC(C)(C)OC(=O)N1CCC[C@@H]1c1ncc(-c2ccc3c4c2ccn4-c2cc(-c4cnc(C5CCCC5)[nH]4)ccc2O3)[nH]1. The molecule has 9 nitrogen and oxygen atoms in total. The van der Waals surface area contributed by atoms with Crippen molar-refractivity contribution in [2.45, 2.75) is 76.9 Å². The molecule has 5 aromatic rings. The second kappa shape index (κ2) is 9.76. The molecule has 3 aromatic heterocycles. The number of likely N-dealkylation sites (tertiary alicyclic amines) is 1. The van der Waals surface area contributed by atoms with Gasteiger partial charge in [0.1, 0.15) is 17.2 Å². The van der Waals surface area contributed by atoms with Gasteiger partial charge in [-0.2, -0.15) is 0 Å². The Morgan fingerprint density at radius 1 is 0.930 bits per heavy atom. The molecule has 1 atom stereocenters. The van der Waals surface area contributed by atoms with Crippen LogP contribution in [0.3, 0.4) is 0 Å². The average Bonchev–Trinajstić information content (AvgIpc) is 3.82. The van der Waals surface area contributed by atoms with Crippen molar-refractivity contribution in [3.05, 3.63) is 66.6 Å². The highest BCUT2D eigenvalue weighted by atomic mass is 16.6. The van der Waals surface area contributed by atoms with Gasteiger partial charge in [0.25, 0.3) is 0 Å². The number of carbonyl (C=O) groups excluding carboxylic acids is 1. The van der Waals surface area contributed by atoms with Gasteiger partial charge in [-0.15, -0.1) is 0 Å². The van der Waals surface area contributed by atoms with E-state index in [0.29, 0.717) is 12.5 Å². The normalized spacial score (nSPS) is 18.3. The lowest BCUT2D eigenvalue weighted by molar-refractivity contribution is 0.0218. The Morgan fingerprint density at radius 3 is 2.53 bits per heavy atom. The first-order valence-electron chi connectivity index (χ1n) is 15.4. The first-order chi connectivity index (χ1) is 20.8. The molecule has 0 spiro atoms. The number of aromatic nitrogens is 5. The number of hydrogen-bond acceptors (Lipinski definition) is 5. The number of H-pyrrole nitrogens is 2. The number of fused-ring (bicyclic) bond motifs is 2. The number of nitrogens with zero attached hydrogens (tertiary/aromatic N) is 4. The molecule has 2 N–H and O–H groups in total. The fraction of sp³-hybridized carbons (Fsp3) is 0.382. The number of hydrogen-bond donors (Lipinski definition) is 2. The number of aromatic amines is 2. The van der Waals surface area contributed by atoms with E-state index in [1.54, 1.807) is 4.90 Å². The van der Waals surface area contributed by atoms with Crippen LogP contribution in [-0.4, -0.2) is 47.6 Å². The molecule has 220 valence electrons. The van der Waals surface area contributed by atoms with Crippen molar-refractivity contribution in [3.8, 4) is 39.7 Å². The van der Waals surface area contributed by atoms with Gasteiger partial charge in [0.05, 0.1) is 41.0 Å². The average molecular weight is 577 g/mol. The van der Waals surface area contributed by atoms with E-state index in [9.17, 15) is 4.79 Å². The topological polar surface area (TPSA) is 101 Å². The molecule has 5 heterocycles. The zero-order valence-electron chi connectivity index (χ0n) is 24.8. The van der Waals surface area contributed by atoms with Gasteiger partial charge in [-0.3, -0.25) is 4.90 Å². The number of nitrogens with one attached hydrogen (secondary N) is 2. The van der Waals surface area contributed by atoms with Crippen LogP contribution in [0.1, 0.15) is 82.9 Å². The van der Waals surface area contributed by atoms with Gasteiger partial charge in [-0.25, -0.2) is 14.8 Å². The maximum atomic E-state index is 12.9. The Labute approximate surface area is 250 Å². The summed E-state index contributed by atoms with van der Waals surface area (Å²) in [5, 5.41) is 1.07. The van der Waals surface area contributed by atoms with Gasteiger partial charge in [0, 0.05) is 35.2 Å². The summed E-state index contributed by atoms with van der Waals surface area (Å²) in [6.07, 6.45) is 12.4. The smallest absolute Gasteiger partial charge is 0.410 e. The van der Waals surface area contributed by atoms with Crippen molar-refractivity contribution in [2.24, 2.45) is 0 Å². The lowest BCUT2D eigenvalue weighted by atomic mass is 10.1. The molecule has 0 radical (unpaired) electrons. The highest BCUT2D eigenvalue weighted by Gasteiger charge is 2.35. The third-order valence-corrected chi connectivity index (χ3v) is 8.98. The first kappa shape index (κ1) is 26.1. The number of carbonyl (C=O) groups is 1. The molecular weight excluding hydrogens is 540 g/mol. The molecule has 1 saturated heterocycles. The highest BCUT2D eigenvalue weighted by molar-refractivity contribution is 6.00. The summed E-state index contributed by atoms with van der Waals surface area (Å²) in [5.74, 6) is 4.07. The fourth-order valence-electron chi connectivity index (χ4n) is 6.95. The van der Waals surface area contributed by atoms with E-state index >= 15 is 0 Å². The largest absolute Gasteiger partial charge is 0.453 e. The summed E-state index contributed by atoms with van der Waals surface area (Å²) in [6.45, 7) is 6.34. The van der Waals surface area contributed by atoms with Gasteiger partial charge >= 0.3 is 6.09 Å². The second-order valence-electron chi connectivity index (χ2n) is 13.0. The minimum absolute atomic E-state index is 0.132. The number of amides is 1. The van der Waals surface area contributed by atoms with Crippen LogP contribution in [0.5, 0.6) is 11.5 Å². The van der Waals surface area contributed by atoms with Crippen molar-refractivity contribution >= 4 is 17.0 Å². The van der Waals surface area contributed by atoms with Crippen LogP contribution in [0.25, 0.3) is 39.1 Å². The Hall–Kier alpha value is -4.53. The monoisotopic (exact) mass is 576 g/mol. The standard InChI is InChI=1S/C34H36N6O3/c1-34(2,3)43-33(41)40-15-6-9-26(40)32-36-19-25(38-32)22-11-13-29-30-23(22)14-16-39(30)27-17-21(10-12-28(27)42-29)24-18-35-31(37-24)20-7-4-5-8-20/h10-14,16-20,26H,4-9,15H2,1-3H3,(H,35,37)(H,36,38)/t26-/m1/s1. The van der Waals surface area contributed by atoms with E-state index < -0.39 is 5.60 Å². The van der Waals surface area contributed by atoms with Gasteiger partial charge in [0.2, 0.25) is 0 Å². The predicted octanol–water partition coefficient (Wildman–Crippen LogP) is 8.25. The van der Waals surface area contributed by atoms with E-state index in [4.69, 9.17) is 19.4 Å². The van der Waals surface area contributed by atoms with Crippen LogP contribution >= 0.6 is 0 Å². The highest BCUT2D eigenvalue weighted by Crippen LogP contribution is 2.45. The number of benzene rings is 2. The number of imidazole rings is 2. The summed E-state index contributed by atoms with van der Waals surface area (Å²) in [7, 11) is 0. The first-order valence-corrected chi connectivity index (χ1v) is 15.4. The van der Waals surface area contributed by atoms with E-state index in [-0.39, 0.29) is 12.1 Å². The van der Waals surface area contributed by atoms with Crippen molar-refractivity contribution in [3.63, 3.8) is 0 Å². The zero-order chi connectivity index (χ0) is 29.3. The van der Waals surface area contributed by atoms with E-state index in [0.717, 1.165) is 75.1 Å². The third kappa shape index (κ3) is 4.49. The molecule has 9 heteroatoms. The van der Waals surface area contributed by atoms with Crippen LogP contribution in [0.2, 0.25) is 0 Å². The van der Waals surface area contributed by atoms with Crippen molar-refractivity contribution < 1.29 is 14.3 Å². The number of ether oxygens (including phenoxy) is 2. The second-order valence-corrected chi connectivity index (χ2v) is 13.0. The molecule has 43 heavy (non-hydrogen) atoms. The maximum Gasteiger partial charge on any atom is 0.410 e. The maximum absolute atomic E-state index is 12.9. The van der Waals surface area contributed by atoms with Crippen molar-refractivity contribution in [1.29, 1.82) is 0 Å². The lowest BCUT2D eigenvalue weighted by Crippen LogP contribution is -2.36. The molecule has 2 fully saturated rings. The Bertz CT molecular complexity index is 1850. The van der Waals surface area contributed by atoms with Gasteiger partial charge in [-0.05, 0) is 82.9 Å². The molecule has 1 aliphatic carbocycles. The molecule has 2 aromatic carbocycles. The Balaban J connectivity index is 1.11. The Kier molecular flexibility index (Phi) is 5.93. The third-order valence-electron chi connectivity index (χ3n) is 8.98. The van der Waals surface area contributed by atoms with Gasteiger partial charge < -0.3 is 24.0 Å².